The zero-order valence-electron chi connectivity index (χ0n) is 8.37. The van der Waals surface area contributed by atoms with Gasteiger partial charge in [-0.05, 0) is 26.7 Å². The van der Waals surface area contributed by atoms with Crippen LogP contribution in [0.4, 0.5) is 0 Å². The minimum Gasteiger partial charge on any atom is -0.349 e. The molecule has 0 spiro atoms. The molecule has 4 heteroatoms. The van der Waals surface area contributed by atoms with E-state index >= 15 is 0 Å². The van der Waals surface area contributed by atoms with Crippen molar-refractivity contribution in [2.24, 2.45) is 0 Å². The average molecular weight is 191 g/mol. The van der Waals surface area contributed by atoms with Crippen molar-refractivity contribution in [1.82, 2.24) is 15.3 Å². The van der Waals surface area contributed by atoms with Crippen LogP contribution in [0.2, 0.25) is 0 Å². The van der Waals surface area contributed by atoms with Gasteiger partial charge in [-0.25, -0.2) is 9.97 Å². The van der Waals surface area contributed by atoms with Gasteiger partial charge < -0.3 is 5.32 Å². The van der Waals surface area contributed by atoms with E-state index in [4.69, 9.17) is 0 Å². The summed E-state index contributed by atoms with van der Waals surface area (Å²) in [6, 6.07) is 0.378. The number of hydrogen-bond acceptors (Lipinski definition) is 3. The maximum absolute atomic E-state index is 11.6. The molecule has 1 aliphatic carbocycles. The molecule has 1 aliphatic rings. The van der Waals surface area contributed by atoms with Crippen molar-refractivity contribution in [3.63, 3.8) is 0 Å². The minimum absolute atomic E-state index is 0.0509. The summed E-state index contributed by atoms with van der Waals surface area (Å²) in [7, 11) is 0. The third-order valence-corrected chi connectivity index (χ3v) is 2.26. The van der Waals surface area contributed by atoms with Crippen molar-refractivity contribution in [2.45, 2.75) is 32.7 Å². The molecule has 74 valence electrons. The largest absolute Gasteiger partial charge is 0.349 e. The van der Waals surface area contributed by atoms with E-state index in [0.717, 1.165) is 18.5 Å². The van der Waals surface area contributed by atoms with Crippen LogP contribution in [-0.4, -0.2) is 21.9 Å². The van der Waals surface area contributed by atoms with Crippen LogP contribution in [0.25, 0.3) is 0 Å². The van der Waals surface area contributed by atoms with E-state index in [0.29, 0.717) is 17.4 Å². The fourth-order valence-corrected chi connectivity index (χ4v) is 1.30. The molecule has 1 saturated carbocycles. The van der Waals surface area contributed by atoms with Gasteiger partial charge in [-0.1, -0.05) is 0 Å². The Bertz CT molecular complexity index is 372. The predicted molar refractivity (Wildman–Crippen MR) is 52.0 cm³/mol. The van der Waals surface area contributed by atoms with E-state index in [9.17, 15) is 4.79 Å². The molecular weight excluding hydrogens is 178 g/mol. The van der Waals surface area contributed by atoms with E-state index in [1.54, 1.807) is 6.20 Å². The molecule has 14 heavy (non-hydrogen) atoms. The zero-order valence-corrected chi connectivity index (χ0v) is 8.37. The number of carbonyl (C=O) groups excluding carboxylic acids is 1. The first-order chi connectivity index (χ1) is 6.66. The van der Waals surface area contributed by atoms with Gasteiger partial charge in [-0.2, -0.15) is 0 Å². The number of aromatic nitrogens is 2. The first-order valence-corrected chi connectivity index (χ1v) is 4.78. The second-order valence-corrected chi connectivity index (χ2v) is 3.66. The second kappa shape index (κ2) is 3.36. The monoisotopic (exact) mass is 191 g/mol. The highest BCUT2D eigenvalue weighted by Crippen LogP contribution is 2.19. The van der Waals surface area contributed by atoms with Gasteiger partial charge in [0, 0.05) is 12.2 Å². The summed E-state index contributed by atoms with van der Waals surface area (Å²) < 4.78 is 0. The lowest BCUT2D eigenvalue weighted by Gasteiger charge is -2.05. The molecule has 1 aromatic rings. The number of nitrogens with one attached hydrogen (secondary N) is 1. The molecule has 0 aliphatic heterocycles. The maximum atomic E-state index is 11.6. The first-order valence-electron chi connectivity index (χ1n) is 4.78. The summed E-state index contributed by atoms with van der Waals surface area (Å²) in [6.45, 7) is 3.64. The van der Waals surface area contributed by atoms with Gasteiger partial charge in [0.05, 0.1) is 11.3 Å². The summed E-state index contributed by atoms with van der Waals surface area (Å²) in [5, 5.41) is 2.91. The van der Waals surface area contributed by atoms with Gasteiger partial charge in [-0.3, -0.25) is 4.79 Å². The van der Waals surface area contributed by atoms with E-state index in [2.05, 4.69) is 15.3 Å². The van der Waals surface area contributed by atoms with Crippen LogP contribution in [0.1, 0.15) is 34.7 Å². The quantitative estimate of drug-likeness (QED) is 0.758. The zero-order chi connectivity index (χ0) is 10.1. The van der Waals surface area contributed by atoms with Crippen molar-refractivity contribution >= 4 is 5.91 Å². The van der Waals surface area contributed by atoms with Crippen LogP contribution in [0.15, 0.2) is 6.20 Å². The molecule has 1 aromatic heterocycles. The Morgan fingerprint density at radius 3 is 2.79 bits per heavy atom. The van der Waals surface area contributed by atoms with E-state index in [1.807, 2.05) is 13.8 Å². The summed E-state index contributed by atoms with van der Waals surface area (Å²) in [5.74, 6) is 0.649. The minimum atomic E-state index is -0.0509. The van der Waals surface area contributed by atoms with Gasteiger partial charge in [-0.15, -0.1) is 0 Å². The Balaban J connectivity index is 2.17. The Morgan fingerprint density at radius 1 is 1.50 bits per heavy atom. The van der Waals surface area contributed by atoms with E-state index < -0.39 is 0 Å². The molecule has 0 saturated heterocycles. The highest BCUT2D eigenvalue weighted by Gasteiger charge is 2.24. The smallest absolute Gasteiger partial charge is 0.254 e. The van der Waals surface area contributed by atoms with Crippen LogP contribution in [0.5, 0.6) is 0 Å². The van der Waals surface area contributed by atoms with Gasteiger partial charge in [0.15, 0.2) is 0 Å². The van der Waals surface area contributed by atoms with Gasteiger partial charge >= 0.3 is 0 Å². The molecule has 0 unspecified atom stereocenters. The molecule has 1 amide bonds. The summed E-state index contributed by atoms with van der Waals surface area (Å²) in [4.78, 5) is 19.8. The van der Waals surface area contributed by atoms with Crippen molar-refractivity contribution in [2.75, 3.05) is 0 Å². The lowest BCUT2D eigenvalue weighted by molar-refractivity contribution is 0.0949. The number of amides is 1. The molecular formula is C10H13N3O. The Hall–Kier alpha value is -1.45. The summed E-state index contributed by atoms with van der Waals surface area (Å²) >= 11 is 0. The lowest BCUT2D eigenvalue weighted by atomic mass is 10.2. The van der Waals surface area contributed by atoms with Crippen LogP contribution in [-0.2, 0) is 0 Å². The molecule has 0 atom stereocenters. The topological polar surface area (TPSA) is 54.9 Å². The molecule has 0 bridgehead atoms. The normalized spacial score (nSPS) is 15.3. The lowest BCUT2D eigenvalue weighted by Crippen LogP contribution is -2.26. The Labute approximate surface area is 82.8 Å². The first kappa shape index (κ1) is 9.12. The average Bonchev–Trinajstić information content (AvgIpc) is 2.87. The third-order valence-electron chi connectivity index (χ3n) is 2.26. The number of nitrogens with zero attached hydrogens (tertiary/aromatic N) is 2. The van der Waals surface area contributed by atoms with Gasteiger partial charge in [0.1, 0.15) is 5.82 Å². The number of carbonyl (C=O) groups is 1. The van der Waals surface area contributed by atoms with Crippen molar-refractivity contribution < 1.29 is 4.79 Å². The number of rotatable bonds is 2. The van der Waals surface area contributed by atoms with Crippen LogP contribution < -0.4 is 5.32 Å². The SMILES string of the molecule is Cc1ncc(C(=O)NC2CC2)c(C)n1. The standard InChI is InChI=1S/C10H13N3O/c1-6-9(5-11-7(2)12-6)10(14)13-8-3-4-8/h5,8H,3-4H2,1-2H3,(H,13,14). The highest BCUT2D eigenvalue weighted by atomic mass is 16.1. The molecule has 0 radical (unpaired) electrons. The molecule has 4 nitrogen and oxygen atoms in total. The van der Waals surface area contributed by atoms with Crippen molar-refractivity contribution in [3.05, 3.63) is 23.3 Å². The molecule has 2 rings (SSSR count). The number of aryl methyl sites for hydroxylation is 2. The molecule has 1 N–H and O–H groups in total. The Morgan fingerprint density at radius 2 is 2.21 bits per heavy atom. The summed E-state index contributed by atoms with van der Waals surface area (Å²) in [5.41, 5.74) is 1.33. The predicted octanol–water partition coefficient (Wildman–Crippen LogP) is 0.986. The second-order valence-electron chi connectivity index (χ2n) is 3.66. The van der Waals surface area contributed by atoms with Crippen molar-refractivity contribution in [1.29, 1.82) is 0 Å². The Kier molecular flexibility index (Phi) is 2.19. The van der Waals surface area contributed by atoms with Crippen LogP contribution in [0, 0.1) is 13.8 Å². The van der Waals surface area contributed by atoms with E-state index in [1.165, 1.54) is 0 Å². The van der Waals surface area contributed by atoms with Crippen LogP contribution in [0.3, 0.4) is 0 Å². The van der Waals surface area contributed by atoms with Gasteiger partial charge in [0.25, 0.3) is 5.91 Å². The molecule has 1 fully saturated rings. The summed E-state index contributed by atoms with van der Waals surface area (Å²) in [6.07, 6.45) is 3.78. The number of hydrogen-bond donors (Lipinski definition) is 1. The third kappa shape index (κ3) is 1.89. The van der Waals surface area contributed by atoms with E-state index in [-0.39, 0.29) is 5.91 Å². The van der Waals surface area contributed by atoms with Crippen LogP contribution >= 0.6 is 0 Å². The maximum Gasteiger partial charge on any atom is 0.254 e. The molecule has 0 aromatic carbocycles. The fraction of sp³-hybridized carbons (Fsp3) is 0.500. The fourth-order valence-electron chi connectivity index (χ4n) is 1.30. The van der Waals surface area contributed by atoms with Gasteiger partial charge in [0.2, 0.25) is 0 Å². The molecule has 1 heterocycles. The van der Waals surface area contributed by atoms with Crippen molar-refractivity contribution in [3.8, 4) is 0 Å². The highest BCUT2D eigenvalue weighted by molar-refractivity contribution is 5.95.